The third-order valence-electron chi connectivity index (χ3n) is 5.38. The molecule has 27 heavy (non-hydrogen) atoms. The first-order valence-electron chi connectivity index (χ1n) is 9.58. The lowest BCUT2D eigenvalue weighted by Crippen LogP contribution is -2.40. The molecule has 5 N–H and O–H groups in total. The number of unbranched alkanes of at least 4 members (excludes halogenated alkanes) is 1. The fourth-order valence-corrected chi connectivity index (χ4v) is 3.90. The number of carbonyl (C=O) groups is 1. The number of rotatable bonds is 7. The Labute approximate surface area is 158 Å². The monoisotopic (exact) mass is 359 g/mol. The van der Waals surface area contributed by atoms with Crippen LogP contribution in [0.15, 0.2) is 54.6 Å². The van der Waals surface area contributed by atoms with Crippen molar-refractivity contribution in [2.24, 2.45) is 11.5 Å². The largest absolute Gasteiger partial charge is 0.351 e. The van der Waals surface area contributed by atoms with E-state index in [9.17, 15) is 4.79 Å². The lowest BCUT2D eigenvalue weighted by molar-refractivity contribution is -0.122. The van der Waals surface area contributed by atoms with E-state index in [0.717, 1.165) is 18.4 Å². The Kier molecular flexibility index (Phi) is 4.92. The average molecular weight is 359 g/mol. The first kappa shape index (κ1) is 17.7. The van der Waals surface area contributed by atoms with E-state index in [1.165, 1.54) is 32.3 Å². The van der Waals surface area contributed by atoms with Gasteiger partial charge in [0.05, 0.1) is 6.04 Å². The molecule has 4 nitrogen and oxygen atoms in total. The summed E-state index contributed by atoms with van der Waals surface area (Å²) in [6.07, 6.45) is 2.45. The smallest absolute Gasteiger partial charge is 0.237 e. The molecule has 4 heteroatoms. The molecule has 0 fully saturated rings. The van der Waals surface area contributed by atoms with E-state index in [-0.39, 0.29) is 5.91 Å². The number of hydrogen-bond donors (Lipinski definition) is 3. The van der Waals surface area contributed by atoms with Gasteiger partial charge < -0.3 is 16.8 Å². The zero-order valence-corrected chi connectivity index (χ0v) is 15.4. The predicted molar refractivity (Wildman–Crippen MR) is 113 cm³/mol. The minimum absolute atomic E-state index is 0.0993. The molecule has 4 aromatic carbocycles. The third kappa shape index (κ3) is 3.34. The first-order valence-corrected chi connectivity index (χ1v) is 9.58. The van der Waals surface area contributed by atoms with Crippen LogP contribution in [0, 0.1) is 0 Å². The molecular formula is C23H25N3O. The van der Waals surface area contributed by atoms with E-state index in [2.05, 4.69) is 59.9 Å². The maximum absolute atomic E-state index is 12.3. The van der Waals surface area contributed by atoms with Gasteiger partial charge in [0.2, 0.25) is 5.91 Å². The van der Waals surface area contributed by atoms with Crippen LogP contribution in [0.1, 0.15) is 24.8 Å². The fourth-order valence-electron chi connectivity index (χ4n) is 3.90. The maximum atomic E-state index is 12.3. The molecule has 0 aromatic heterocycles. The minimum atomic E-state index is -0.476. The van der Waals surface area contributed by atoms with Crippen LogP contribution < -0.4 is 16.8 Å². The Bertz CT molecular complexity index is 1070. The number of carbonyl (C=O) groups excluding carboxylic acids is 1. The van der Waals surface area contributed by atoms with Crippen LogP contribution in [0.5, 0.6) is 0 Å². The van der Waals surface area contributed by atoms with Crippen molar-refractivity contribution in [3.8, 4) is 0 Å². The van der Waals surface area contributed by atoms with E-state index in [1.807, 2.05) is 0 Å². The normalized spacial score (nSPS) is 12.8. The maximum Gasteiger partial charge on any atom is 0.237 e. The van der Waals surface area contributed by atoms with Gasteiger partial charge in [0, 0.05) is 6.54 Å². The topological polar surface area (TPSA) is 81.1 Å². The highest BCUT2D eigenvalue weighted by molar-refractivity contribution is 6.23. The van der Waals surface area contributed by atoms with Crippen molar-refractivity contribution in [2.75, 3.05) is 6.54 Å². The number of hydrogen-bond acceptors (Lipinski definition) is 3. The summed E-state index contributed by atoms with van der Waals surface area (Å²) in [6.45, 7) is 1.12. The van der Waals surface area contributed by atoms with Crippen molar-refractivity contribution >= 4 is 38.2 Å². The van der Waals surface area contributed by atoms with Gasteiger partial charge in [-0.3, -0.25) is 4.79 Å². The summed E-state index contributed by atoms with van der Waals surface area (Å²) >= 11 is 0. The molecule has 0 saturated carbocycles. The molecule has 4 rings (SSSR count). The van der Waals surface area contributed by atoms with Crippen LogP contribution in [0.25, 0.3) is 32.3 Å². The van der Waals surface area contributed by atoms with Crippen molar-refractivity contribution in [2.45, 2.75) is 31.8 Å². The quantitative estimate of drug-likeness (QED) is 0.348. The molecular weight excluding hydrogens is 334 g/mol. The molecule has 0 aliphatic rings. The SMILES string of the molecule is NCCCC[C@H](N)C(=O)NCc1ccc2ccc3cccc4ccc1c2c34. The first-order chi connectivity index (χ1) is 13.2. The van der Waals surface area contributed by atoms with Crippen molar-refractivity contribution in [1.29, 1.82) is 0 Å². The second-order valence-corrected chi connectivity index (χ2v) is 7.19. The van der Waals surface area contributed by atoms with Gasteiger partial charge in [-0.05, 0) is 57.3 Å². The van der Waals surface area contributed by atoms with Gasteiger partial charge in [-0.25, -0.2) is 0 Å². The second kappa shape index (κ2) is 7.51. The molecule has 1 atom stereocenters. The van der Waals surface area contributed by atoms with E-state index >= 15 is 0 Å². The van der Waals surface area contributed by atoms with E-state index in [4.69, 9.17) is 11.5 Å². The molecule has 4 aromatic rings. The number of nitrogens with one attached hydrogen (secondary N) is 1. The van der Waals surface area contributed by atoms with Gasteiger partial charge in [-0.15, -0.1) is 0 Å². The number of nitrogens with two attached hydrogens (primary N) is 2. The molecule has 0 spiro atoms. The Balaban J connectivity index is 1.62. The summed E-state index contributed by atoms with van der Waals surface area (Å²) in [7, 11) is 0. The zero-order chi connectivity index (χ0) is 18.8. The van der Waals surface area contributed by atoms with Gasteiger partial charge >= 0.3 is 0 Å². The van der Waals surface area contributed by atoms with Gasteiger partial charge in [0.25, 0.3) is 0 Å². The number of benzene rings is 4. The summed E-state index contributed by atoms with van der Waals surface area (Å²) < 4.78 is 0. The van der Waals surface area contributed by atoms with Crippen LogP contribution in [-0.2, 0) is 11.3 Å². The van der Waals surface area contributed by atoms with E-state index in [0.29, 0.717) is 19.5 Å². The summed E-state index contributed by atoms with van der Waals surface area (Å²) in [5.74, 6) is -0.0993. The molecule has 0 unspecified atom stereocenters. The van der Waals surface area contributed by atoms with E-state index < -0.39 is 6.04 Å². The number of amides is 1. The van der Waals surface area contributed by atoms with Gasteiger partial charge in [0.1, 0.15) is 0 Å². The van der Waals surface area contributed by atoms with E-state index in [1.54, 1.807) is 0 Å². The molecule has 0 aliphatic carbocycles. The van der Waals surface area contributed by atoms with Crippen molar-refractivity contribution in [3.05, 3.63) is 60.2 Å². The van der Waals surface area contributed by atoms with Gasteiger partial charge in [-0.2, -0.15) is 0 Å². The molecule has 0 aliphatic heterocycles. The molecule has 0 heterocycles. The zero-order valence-electron chi connectivity index (χ0n) is 15.4. The highest BCUT2D eigenvalue weighted by Gasteiger charge is 2.14. The molecule has 0 radical (unpaired) electrons. The molecule has 1 amide bonds. The standard InChI is InChI=1S/C23H25N3O/c24-13-2-1-6-20(25)23(27)26-14-18-10-9-17-8-7-15-4-3-5-16-11-12-19(18)22(17)21(15)16/h3-5,7-12,20H,1-2,6,13-14,24-25H2,(H,26,27)/t20-/m0/s1. The van der Waals surface area contributed by atoms with Crippen molar-refractivity contribution < 1.29 is 4.79 Å². The van der Waals surface area contributed by atoms with Gasteiger partial charge in [-0.1, -0.05) is 61.0 Å². The Morgan fingerprint density at radius 3 is 2.30 bits per heavy atom. The van der Waals surface area contributed by atoms with Crippen molar-refractivity contribution in [3.63, 3.8) is 0 Å². The van der Waals surface area contributed by atoms with Crippen LogP contribution in [0.2, 0.25) is 0 Å². The minimum Gasteiger partial charge on any atom is -0.351 e. The third-order valence-corrected chi connectivity index (χ3v) is 5.38. The summed E-state index contributed by atoms with van der Waals surface area (Å²) in [6, 6.07) is 18.8. The summed E-state index contributed by atoms with van der Waals surface area (Å²) in [5.41, 5.74) is 12.6. The Morgan fingerprint density at radius 2 is 1.56 bits per heavy atom. The van der Waals surface area contributed by atoms with Gasteiger partial charge in [0.15, 0.2) is 0 Å². The van der Waals surface area contributed by atoms with Crippen LogP contribution in [0.4, 0.5) is 0 Å². The van der Waals surface area contributed by atoms with Crippen molar-refractivity contribution in [1.82, 2.24) is 5.32 Å². The predicted octanol–water partition coefficient (Wildman–Crippen LogP) is 3.66. The lowest BCUT2D eigenvalue weighted by Gasteiger charge is -2.16. The lowest BCUT2D eigenvalue weighted by atomic mass is 9.92. The average Bonchev–Trinajstić information content (AvgIpc) is 2.70. The Morgan fingerprint density at radius 1 is 0.889 bits per heavy atom. The summed E-state index contributed by atoms with van der Waals surface area (Å²) in [4.78, 5) is 12.3. The van der Waals surface area contributed by atoms with Crippen LogP contribution in [-0.4, -0.2) is 18.5 Å². The fraction of sp³-hybridized carbons (Fsp3) is 0.261. The molecule has 0 bridgehead atoms. The highest BCUT2D eigenvalue weighted by atomic mass is 16.2. The molecule has 0 saturated heterocycles. The highest BCUT2D eigenvalue weighted by Crippen LogP contribution is 2.35. The molecule has 138 valence electrons. The van der Waals surface area contributed by atoms with Crippen LogP contribution >= 0.6 is 0 Å². The summed E-state index contributed by atoms with van der Waals surface area (Å²) in [5, 5.41) is 10.5. The Hall–Kier alpha value is -2.69. The van der Waals surface area contributed by atoms with Crippen LogP contribution in [0.3, 0.4) is 0 Å². The second-order valence-electron chi connectivity index (χ2n) is 7.19.